The van der Waals surface area contributed by atoms with Crippen LogP contribution in [0.1, 0.15) is 43.7 Å². The van der Waals surface area contributed by atoms with Crippen LogP contribution in [-0.4, -0.2) is 33.4 Å². The number of thioether (sulfide) groups is 1. The van der Waals surface area contributed by atoms with Crippen LogP contribution in [-0.2, 0) is 17.7 Å². The maximum Gasteiger partial charge on any atom is 0.262 e. The van der Waals surface area contributed by atoms with E-state index in [1.54, 1.807) is 29.9 Å². The van der Waals surface area contributed by atoms with E-state index in [4.69, 9.17) is 25.8 Å². The standard InChI is InChI=1S/C19H23ClN4O3S/c1-4-6-16-22-17(27-23-16)12(2)28-19-21-15-11-13(20)7-8-14(15)18(25)24(19)9-5-10-26-3/h7-8,11-12H,4-6,9-10H2,1-3H3. The average molecular weight is 423 g/mol. The van der Waals surface area contributed by atoms with Crippen LogP contribution in [0.4, 0.5) is 0 Å². The summed E-state index contributed by atoms with van der Waals surface area (Å²) in [5.41, 5.74) is 0.483. The topological polar surface area (TPSA) is 83.0 Å². The van der Waals surface area contributed by atoms with Crippen molar-refractivity contribution in [1.29, 1.82) is 0 Å². The molecule has 0 amide bonds. The predicted molar refractivity (Wildman–Crippen MR) is 110 cm³/mol. The van der Waals surface area contributed by atoms with E-state index in [1.807, 2.05) is 6.92 Å². The van der Waals surface area contributed by atoms with Crippen molar-refractivity contribution in [2.75, 3.05) is 13.7 Å². The van der Waals surface area contributed by atoms with Gasteiger partial charge in [0.05, 0.1) is 16.2 Å². The third-order valence-corrected chi connectivity index (χ3v) is 5.51. The molecule has 28 heavy (non-hydrogen) atoms. The molecule has 0 radical (unpaired) electrons. The Morgan fingerprint density at radius 2 is 2.18 bits per heavy atom. The minimum absolute atomic E-state index is 0.0929. The zero-order chi connectivity index (χ0) is 20.1. The minimum Gasteiger partial charge on any atom is -0.385 e. The van der Waals surface area contributed by atoms with E-state index in [2.05, 4.69) is 17.1 Å². The number of fused-ring (bicyclic) bond motifs is 1. The van der Waals surface area contributed by atoms with Crippen LogP contribution in [0.5, 0.6) is 0 Å². The minimum atomic E-state index is -0.143. The highest BCUT2D eigenvalue weighted by atomic mass is 35.5. The third kappa shape index (κ3) is 4.74. The number of halogens is 1. The molecule has 1 aromatic carbocycles. The normalized spacial score (nSPS) is 12.6. The Kier molecular flexibility index (Phi) is 7.09. The molecule has 3 rings (SSSR count). The summed E-state index contributed by atoms with van der Waals surface area (Å²) in [6.45, 7) is 5.10. The molecular formula is C19H23ClN4O3S. The Balaban J connectivity index is 1.96. The van der Waals surface area contributed by atoms with Crippen molar-refractivity contribution in [3.8, 4) is 0 Å². The molecule has 1 atom stereocenters. The van der Waals surface area contributed by atoms with Crippen LogP contribution in [0.2, 0.25) is 5.02 Å². The van der Waals surface area contributed by atoms with Crippen molar-refractivity contribution in [1.82, 2.24) is 19.7 Å². The van der Waals surface area contributed by atoms with Gasteiger partial charge in [0.25, 0.3) is 5.56 Å². The van der Waals surface area contributed by atoms with Gasteiger partial charge in [0.1, 0.15) is 0 Å². The van der Waals surface area contributed by atoms with Gasteiger partial charge in [-0.1, -0.05) is 35.4 Å². The fourth-order valence-corrected chi connectivity index (χ4v) is 3.93. The molecule has 0 aliphatic heterocycles. The Morgan fingerprint density at radius 1 is 1.36 bits per heavy atom. The van der Waals surface area contributed by atoms with Gasteiger partial charge < -0.3 is 9.26 Å². The van der Waals surface area contributed by atoms with Crippen LogP contribution < -0.4 is 5.56 Å². The molecular weight excluding hydrogens is 400 g/mol. The molecule has 150 valence electrons. The fraction of sp³-hybridized carbons (Fsp3) is 0.474. The monoisotopic (exact) mass is 422 g/mol. The first-order chi connectivity index (χ1) is 13.5. The van der Waals surface area contributed by atoms with Gasteiger partial charge in [-0.15, -0.1) is 0 Å². The molecule has 2 heterocycles. The maximum absolute atomic E-state index is 13.0. The van der Waals surface area contributed by atoms with E-state index in [9.17, 15) is 4.79 Å². The Morgan fingerprint density at radius 3 is 2.93 bits per heavy atom. The highest BCUT2D eigenvalue weighted by molar-refractivity contribution is 7.99. The van der Waals surface area contributed by atoms with Gasteiger partial charge in [0, 0.05) is 31.7 Å². The molecule has 0 saturated heterocycles. The van der Waals surface area contributed by atoms with Crippen molar-refractivity contribution in [3.63, 3.8) is 0 Å². The van der Waals surface area contributed by atoms with Crippen molar-refractivity contribution in [2.45, 2.75) is 50.1 Å². The first kappa shape index (κ1) is 20.8. The number of methoxy groups -OCH3 is 1. The average Bonchev–Trinajstić information content (AvgIpc) is 3.13. The summed E-state index contributed by atoms with van der Waals surface area (Å²) in [6, 6.07) is 5.13. The van der Waals surface area contributed by atoms with Crippen molar-refractivity contribution < 1.29 is 9.26 Å². The Labute approximate surface area is 172 Å². The molecule has 3 aromatic rings. The molecule has 0 saturated carbocycles. The van der Waals surface area contributed by atoms with Gasteiger partial charge in [0.2, 0.25) is 5.89 Å². The first-order valence-electron chi connectivity index (χ1n) is 9.21. The van der Waals surface area contributed by atoms with Crippen molar-refractivity contribution in [2.24, 2.45) is 0 Å². The van der Waals surface area contributed by atoms with Crippen LogP contribution in [0.25, 0.3) is 10.9 Å². The zero-order valence-corrected chi connectivity index (χ0v) is 17.7. The van der Waals surface area contributed by atoms with Gasteiger partial charge >= 0.3 is 0 Å². The van der Waals surface area contributed by atoms with E-state index >= 15 is 0 Å². The van der Waals surface area contributed by atoms with E-state index in [0.29, 0.717) is 52.4 Å². The van der Waals surface area contributed by atoms with Gasteiger partial charge in [-0.3, -0.25) is 9.36 Å². The summed E-state index contributed by atoms with van der Waals surface area (Å²) in [7, 11) is 1.64. The summed E-state index contributed by atoms with van der Waals surface area (Å²) in [5.74, 6) is 1.22. The molecule has 2 aromatic heterocycles. The second-order valence-corrected chi connectivity index (χ2v) is 8.16. The van der Waals surface area contributed by atoms with Gasteiger partial charge in [-0.2, -0.15) is 4.98 Å². The number of ether oxygens (including phenoxy) is 1. The molecule has 0 aliphatic rings. The molecule has 0 spiro atoms. The predicted octanol–water partition coefficient (Wildman–Crippen LogP) is 4.28. The van der Waals surface area contributed by atoms with Crippen LogP contribution in [0.15, 0.2) is 32.7 Å². The van der Waals surface area contributed by atoms with E-state index < -0.39 is 0 Å². The lowest BCUT2D eigenvalue weighted by molar-refractivity contribution is 0.189. The molecule has 9 heteroatoms. The van der Waals surface area contributed by atoms with Crippen LogP contribution in [0.3, 0.4) is 0 Å². The molecule has 0 fully saturated rings. The Hall–Kier alpha value is -1.90. The fourth-order valence-electron chi connectivity index (χ4n) is 2.79. The summed E-state index contributed by atoms with van der Waals surface area (Å²) in [5, 5.41) is 5.55. The lowest BCUT2D eigenvalue weighted by Gasteiger charge is -2.14. The van der Waals surface area contributed by atoms with E-state index in [1.165, 1.54) is 11.8 Å². The SMILES string of the molecule is CCCc1noc(C(C)Sc2nc3cc(Cl)ccc3c(=O)n2CCCOC)n1. The highest BCUT2D eigenvalue weighted by Gasteiger charge is 2.20. The second kappa shape index (κ2) is 9.54. The molecule has 1 unspecified atom stereocenters. The van der Waals surface area contributed by atoms with Gasteiger partial charge in [-0.25, -0.2) is 4.98 Å². The summed E-state index contributed by atoms with van der Waals surface area (Å²) >= 11 is 7.51. The zero-order valence-electron chi connectivity index (χ0n) is 16.1. The third-order valence-electron chi connectivity index (χ3n) is 4.20. The number of hydrogen-bond acceptors (Lipinski definition) is 7. The molecule has 0 N–H and O–H groups in total. The summed E-state index contributed by atoms with van der Waals surface area (Å²) in [6.07, 6.45) is 2.43. The van der Waals surface area contributed by atoms with Crippen LogP contribution >= 0.6 is 23.4 Å². The number of nitrogens with zero attached hydrogens (tertiary/aromatic N) is 4. The first-order valence-corrected chi connectivity index (χ1v) is 10.5. The molecule has 7 nitrogen and oxygen atoms in total. The second-order valence-electron chi connectivity index (χ2n) is 6.42. The smallest absolute Gasteiger partial charge is 0.262 e. The maximum atomic E-state index is 13.0. The lowest BCUT2D eigenvalue weighted by Crippen LogP contribution is -2.24. The largest absolute Gasteiger partial charge is 0.385 e. The summed E-state index contributed by atoms with van der Waals surface area (Å²) < 4.78 is 12.2. The number of benzene rings is 1. The molecule has 0 bridgehead atoms. The lowest BCUT2D eigenvalue weighted by atomic mass is 10.2. The summed E-state index contributed by atoms with van der Waals surface area (Å²) in [4.78, 5) is 22.2. The van der Waals surface area contributed by atoms with Gasteiger partial charge in [-0.05, 0) is 38.0 Å². The highest BCUT2D eigenvalue weighted by Crippen LogP contribution is 2.33. The van der Waals surface area contributed by atoms with E-state index in [0.717, 1.165) is 12.8 Å². The molecule has 0 aliphatic carbocycles. The van der Waals surface area contributed by atoms with Crippen molar-refractivity contribution in [3.05, 3.63) is 45.3 Å². The number of rotatable bonds is 9. The van der Waals surface area contributed by atoms with Gasteiger partial charge in [0.15, 0.2) is 11.0 Å². The quantitative estimate of drug-likeness (QED) is 0.289. The number of aromatic nitrogens is 4. The Bertz CT molecular complexity index is 1000. The van der Waals surface area contributed by atoms with Crippen molar-refractivity contribution >= 4 is 34.3 Å². The number of aryl methyl sites for hydroxylation is 1. The van der Waals surface area contributed by atoms with Crippen LogP contribution in [0, 0.1) is 0 Å². The van der Waals surface area contributed by atoms with E-state index in [-0.39, 0.29) is 10.8 Å². The number of hydrogen-bond donors (Lipinski definition) is 0.